The van der Waals surface area contributed by atoms with Crippen molar-refractivity contribution in [2.45, 2.75) is 51.9 Å². The Morgan fingerprint density at radius 1 is 1.30 bits per heavy atom. The topological polar surface area (TPSA) is 63.1 Å². The molecule has 6 nitrogen and oxygen atoms in total. The van der Waals surface area contributed by atoms with Crippen molar-refractivity contribution < 1.29 is 18.0 Å². The summed E-state index contributed by atoms with van der Waals surface area (Å²) in [6.07, 6.45) is -0.155. The van der Waals surface area contributed by atoms with Gasteiger partial charge in [0.25, 0.3) is 5.91 Å². The lowest BCUT2D eigenvalue weighted by Crippen LogP contribution is -2.29. The molecule has 1 N–H and O–H groups in total. The van der Waals surface area contributed by atoms with Gasteiger partial charge in [0.05, 0.1) is 17.5 Å². The van der Waals surface area contributed by atoms with E-state index < -0.39 is 29.4 Å². The molecule has 2 aromatic rings. The van der Waals surface area contributed by atoms with Gasteiger partial charge in [-0.05, 0) is 39.8 Å². The first kappa shape index (κ1) is 19.8. The van der Waals surface area contributed by atoms with E-state index in [2.05, 4.69) is 20.3 Å². The second kappa shape index (κ2) is 7.97. The maximum absolute atomic E-state index is 13.4. The van der Waals surface area contributed by atoms with Crippen LogP contribution < -0.4 is 5.32 Å². The van der Waals surface area contributed by atoms with Crippen LogP contribution in [0.4, 0.5) is 18.3 Å². The quantitative estimate of drug-likeness (QED) is 0.817. The van der Waals surface area contributed by atoms with E-state index in [1.165, 1.54) is 17.8 Å². The molecule has 0 radical (unpaired) electrons. The van der Waals surface area contributed by atoms with Crippen LogP contribution >= 0.6 is 11.3 Å². The number of rotatable bonds is 5. The molecule has 3 heterocycles. The Morgan fingerprint density at radius 3 is 2.63 bits per heavy atom. The number of hydrogen-bond acceptors (Lipinski definition) is 5. The number of carbonyl (C=O) groups excluding carboxylic acids is 1. The number of carbonyl (C=O) groups is 1. The standard InChI is InChI=1S/C17H22F3N5OS/c1-11(2)25-14(17(18,19)20)13(8-21-25)15(26)23-16-22-12(10-27-16)9-24-6-4-3-5-7-24/h8,10-11H,3-7,9H2,1-2H3,(H,22,23,26). The summed E-state index contributed by atoms with van der Waals surface area (Å²) in [5, 5.41) is 8.33. The fourth-order valence-corrected chi connectivity index (χ4v) is 3.85. The number of nitrogens with one attached hydrogen (secondary N) is 1. The van der Waals surface area contributed by atoms with Crippen LogP contribution in [-0.2, 0) is 12.7 Å². The van der Waals surface area contributed by atoms with Gasteiger partial charge in [-0.1, -0.05) is 6.42 Å². The number of amides is 1. The lowest BCUT2D eigenvalue weighted by molar-refractivity contribution is -0.145. The Morgan fingerprint density at radius 2 is 2.00 bits per heavy atom. The summed E-state index contributed by atoms with van der Waals surface area (Å²) < 4.78 is 41.0. The molecule has 1 amide bonds. The monoisotopic (exact) mass is 401 g/mol. The normalized spacial score (nSPS) is 16.1. The summed E-state index contributed by atoms with van der Waals surface area (Å²) in [5.41, 5.74) is -0.727. The van der Waals surface area contributed by atoms with Crippen molar-refractivity contribution in [1.29, 1.82) is 0 Å². The van der Waals surface area contributed by atoms with Crippen LogP contribution in [-0.4, -0.2) is 38.7 Å². The number of likely N-dealkylation sites (tertiary alicyclic amines) is 1. The average molecular weight is 401 g/mol. The van der Waals surface area contributed by atoms with Gasteiger partial charge in [-0.25, -0.2) is 4.98 Å². The zero-order valence-corrected chi connectivity index (χ0v) is 16.0. The van der Waals surface area contributed by atoms with Gasteiger partial charge in [-0.15, -0.1) is 11.3 Å². The molecule has 0 spiro atoms. The van der Waals surface area contributed by atoms with E-state index in [9.17, 15) is 18.0 Å². The van der Waals surface area contributed by atoms with Gasteiger partial charge in [-0.2, -0.15) is 18.3 Å². The number of piperidine rings is 1. The third kappa shape index (κ3) is 4.67. The molecular formula is C17H22F3N5OS. The molecule has 0 saturated carbocycles. The van der Waals surface area contributed by atoms with Gasteiger partial charge < -0.3 is 0 Å². The second-order valence-corrected chi connectivity index (χ2v) is 7.74. The Balaban J connectivity index is 1.72. The minimum atomic E-state index is -4.67. The smallest absolute Gasteiger partial charge is 0.298 e. The number of hydrogen-bond donors (Lipinski definition) is 1. The van der Waals surface area contributed by atoms with Crippen molar-refractivity contribution >= 4 is 22.4 Å². The first-order valence-corrected chi connectivity index (χ1v) is 9.76. The lowest BCUT2D eigenvalue weighted by Gasteiger charge is -2.25. The van der Waals surface area contributed by atoms with E-state index in [4.69, 9.17) is 0 Å². The van der Waals surface area contributed by atoms with Crippen molar-refractivity contribution in [1.82, 2.24) is 19.7 Å². The highest BCUT2D eigenvalue weighted by molar-refractivity contribution is 7.13. The summed E-state index contributed by atoms with van der Waals surface area (Å²) in [5.74, 6) is -0.854. The maximum atomic E-state index is 13.4. The summed E-state index contributed by atoms with van der Waals surface area (Å²) in [4.78, 5) is 19.0. The molecule has 2 aromatic heterocycles. The number of aromatic nitrogens is 3. The molecule has 10 heteroatoms. The molecule has 1 saturated heterocycles. The van der Waals surface area contributed by atoms with E-state index in [1.54, 1.807) is 13.8 Å². The molecule has 27 heavy (non-hydrogen) atoms. The molecule has 3 rings (SSSR count). The highest BCUT2D eigenvalue weighted by atomic mass is 32.1. The van der Waals surface area contributed by atoms with Crippen LogP contribution in [0, 0.1) is 0 Å². The van der Waals surface area contributed by atoms with Crippen molar-refractivity contribution in [3.63, 3.8) is 0 Å². The zero-order chi connectivity index (χ0) is 19.6. The van der Waals surface area contributed by atoms with Crippen LogP contribution in [0.2, 0.25) is 0 Å². The van der Waals surface area contributed by atoms with Crippen LogP contribution in [0.15, 0.2) is 11.6 Å². The van der Waals surface area contributed by atoms with Crippen LogP contribution in [0.25, 0.3) is 0 Å². The Labute approximate surface area is 159 Å². The van der Waals surface area contributed by atoms with Gasteiger partial charge in [0, 0.05) is 18.0 Å². The summed E-state index contributed by atoms with van der Waals surface area (Å²) in [6, 6.07) is -0.515. The predicted octanol–water partition coefficient (Wildman–Crippen LogP) is 4.18. The van der Waals surface area contributed by atoms with Crippen molar-refractivity contribution in [3.05, 3.63) is 28.5 Å². The summed E-state index contributed by atoms with van der Waals surface area (Å²) in [7, 11) is 0. The fourth-order valence-electron chi connectivity index (χ4n) is 3.15. The number of nitrogens with zero attached hydrogens (tertiary/aromatic N) is 4. The molecule has 1 aliphatic heterocycles. The Bertz CT molecular complexity index is 793. The second-order valence-electron chi connectivity index (χ2n) is 6.88. The average Bonchev–Trinajstić information content (AvgIpc) is 3.22. The number of anilines is 1. The minimum absolute atomic E-state index is 0.289. The number of thiazole rings is 1. The lowest BCUT2D eigenvalue weighted by atomic mass is 10.1. The third-order valence-electron chi connectivity index (χ3n) is 4.40. The van der Waals surface area contributed by atoms with Gasteiger partial charge in [-0.3, -0.25) is 19.7 Å². The van der Waals surface area contributed by atoms with Crippen LogP contribution in [0.3, 0.4) is 0 Å². The SMILES string of the molecule is CC(C)n1ncc(C(=O)Nc2nc(CN3CCCCC3)cs2)c1C(F)(F)F. The molecule has 0 bridgehead atoms. The van der Waals surface area contributed by atoms with E-state index in [-0.39, 0.29) is 5.13 Å². The molecule has 0 unspecified atom stereocenters. The van der Waals surface area contributed by atoms with Gasteiger partial charge in [0.2, 0.25) is 0 Å². The molecule has 0 atom stereocenters. The molecular weight excluding hydrogens is 379 g/mol. The largest absolute Gasteiger partial charge is 0.433 e. The third-order valence-corrected chi connectivity index (χ3v) is 5.21. The van der Waals surface area contributed by atoms with E-state index in [0.29, 0.717) is 6.54 Å². The fraction of sp³-hybridized carbons (Fsp3) is 0.588. The summed E-state index contributed by atoms with van der Waals surface area (Å²) >= 11 is 1.21. The van der Waals surface area contributed by atoms with E-state index >= 15 is 0 Å². The summed E-state index contributed by atoms with van der Waals surface area (Å²) in [6.45, 7) is 5.88. The van der Waals surface area contributed by atoms with E-state index in [0.717, 1.165) is 42.5 Å². The Hall–Kier alpha value is -1.94. The van der Waals surface area contributed by atoms with Gasteiger partial charge >= 0.3 is 6.18 Å². The Kier molecular flexibility index (Phi) is 5.85. The van der Waals surface area contributed by atoms with Crippen molar-refractivity contribution in [3.8, 4) is 0 Å². The molecule has 148 valence electrons. The molecule has 0 aromatic carbocycles. The van der Waals surface area contributed by atoms with Crippen LogP contribution in [0.1, 0.15) is 60.9 Å². The molecule has 0 aliphatic carbocycles. The molecule has 1 aliphatic rings. The first-order chi connectivity index (χ1) is 12.8. The predicted molar refractivity (Wildman–Crippen MR) is 96.8 cm³/mol. The highest BCUT2D eigenvalue weighted by Gasteiger charge is 2.40. The van der Waals surface area contributed by atoms with Crippen molar-refractivity contribution in [2.24, 2.45) is 0 Å². The molecule has 1 fully saturated rings. The van der Waals surface area contributed by atoms with Gasteiger partial charge in [0.15, 0.2) is 10.8 Å². The number of halogens is 3. The van der Waals surface area contributed by atoms with Crippen LogP contribution in [0.5, 0.6) is 0 Å². The number of alkyl halides is 3. The first-order valence-electron chi connectivity index (χ1n) is 8.88. The highest BCUT2D eigenvalue weighted by Crippen LogP contribution is 2.34. The zero-order valence-electron chi connectivity index (χ0n) is 15.2. The minimum Gasteiger partial charge on any atom is -0.298 e. The van der Waals surface area contributed by atoms with Crippen molar-refractivity contribution in [2.75, 3.05) is 18.4 Å². The van der Waals surface area contributed by atoms with Gasteiger partial charge in [0.1, 0.15) is 0 Å². The van der Waals surface area contributed by atoms with E-state index in [1.807, 2.05) is 5.38 Å². The maximum Gasteiger partial charge on any atom is 0.433 e.